The Bertz CT molecular complexity index is 785. The molecule has 4 nitrogen and oxygen atoms in total. The molecular formula is C16H15N3O. The highest BCUT2D eigenvalue weighted by molar-refractivity contribution is 5.98. The number of aryl methyl sites for hydroxylation is 2. The van der Waals surface area contributed by atoms with E-state index in [0.717, 1.165) is 16.6 Å². The normalized spacial score (nSPS) is 12.0. The van der Waals surface area contributed by atoms with E-state index in [9.17, 15) is 0 Å². The summed E-state index contributed by atoms with van der Waals surface area (Å²) in [6, 6.07) is 14.0. The Morgan fingerprint density at radius 1 is 1.05 bits per heavy atom. The van der Waals surface area contributed by atoms with Crippen molar-refractivity contribution in [3.05, 3.63) is 59.2 Å². The van der Waals surface area contributed by atoms with E-state index < -0.39 is 0 Å². The fourth-order valence-corrected chi connectivity index (χ4v) is 1.97. The summed E-state index contributed by atoms with van der Waals surface area (Å²) in [7, 11) is 0. The Kier molecular flexibility index (Phi) is 2.99. The SMILES string of the molecule is Cc1ccc(/C(N)=N/c2nc3cc(C)ccc3o2)cc1. The molecule has 0 atom stereocenters. The van der Waals surface area contributed by atoms with Crippen LogP contribution < -0.4 is 5.73 Å². The van der Waals surface area contributed by atoms with Gasteiger partial charge in [-0.25, -0.2) is 0 Å². The number of benzene rings is 2. The zero-order chi connectivity index (χ0) is 14.1. The van der Waals surface area contributed by atoms with Crippen molar-refractivity contribution < 1.29 is 4.42 Å². The number of nitrogens with zero attached hydrogens (tertiary/aromatic N) is 2. The van der Waals surface area contributed by atoms with Crippen molar-refractivity contribution in [1.29, 1.82) is 0 Å². The van der Waals surface area contributed by atoms with E-state index in [4.69, 9.17) is 10.2 Å². The maximum absolute atomic E-state index is 5.98. The molecule has 1 heterocycles. The molecule has 100 valence electrons. The van der Waals surface area contributed by atoms with Gasteiger partial charge in [0.05, 0.1) is 0 Å². The molecule has 0 unspecified atom stereocenters. The first kappa shape index (κ1) is 12.4. The van der Waals surface area contributed by atoms with Crippen molar-refractivity contribution in [3.63, 3.8) is 0 Å². The summed E-state index contributed by atoms with van der Waals surface area (Å²) < 4.78 is 5.56. The Morgan fingerprint density at radius 3 is 2.50 bits per heavy atom. The average Bonchev–Trinajstić information content (AvgIpc) is 2.80. The summed E-state index contributed by atoms with van der Waals surface area (Å²) in [6.45, 7) is 4.04. The van der Waals surface area contributed by atoms with Crippen LogP contribution >= 0.6 is 0 Å². The summed E-state index contributed by atoms with van der Waals surface area (Å²) in [5.74, 6) is 0.397. The molecule has 2 aromatic carbocycles. The number of nitrogens with two attached hydrogens (primary N) is 1. The van der Waals surface area contributed by atoms with Gasteiger partial charge in [-0.1, -0.05) is 35.9 Å². The highest BCUT2D eigenvalue weighted by Gasteiger charge is 2.06. The maximum atomic E-state index is 5.98. The molecule has 0 aliphatic heterocycles. The highest BCUT2D eigenvalue weighted by Crippen LogP contribution is 2.22. The molecule has 0 saturated heterocycles. The lowest BCUT2D eigenvalue weighted by molar-refractivity contribution is 0.613. The Labute approximate surface area is 117 Å². The number of rotatable bonds is 2. The highest BCUT2D eigenvalue weighted by atomic mass is 16.4. The van der Waals surface area contributed by atoms with Gasteiger partial charge in [0.25, 0.3) is 0 Å². The largest absolute Gasteiger partial charge is 0.422 e. The van der Waals surface area contributed by atoms with E-state index in [1.807, 2.05) is 56.3 Å². The number of fused-ring (bicyclic) bond motifs is 1. The standard InChI is InChI=1S/C16H15N3O/c1-10-3-6-12(7-4-10)15(17)19-16-18-13-9-11(2)5-8-14(13)20-16/h3-9H,1-2H3,(H2,17,18,19). The topological polar surface area (TPSA) is 64.4 Å². The first-order valence-corrected chi connectivity index (χ1v) is 6.40. The number of aromatic nitrogens is 1. The second-order valence-corrected chi connectivity index (χ2v) is 4.83. The number of amidine groups is 1. The number of hydrogen-bond donors (Lipinski definition) is 1. The summed E-state index contributed by atoms with van der Waals surface area (Å²) >= 11 is 0. The van der Waals surface area contributed by atoms with Gasteiger partial charge in [-0.3, -0.25) is 0 Å². The lowest BCUT2D eigenvalue weighted by Gasteiger charge is -1.99. The van der Waals surface area contributed by atoms with Crippen molar-refractivity contribution in [2.45, 2.75) is 13.8 Å². The first-order chi connectivity index (χ1) is 9.61. The number of oxazole rings is 1. The van der Waals surface area contributed by atoms with E-state index >= 15 is 0 Å². The molecule has 0 saturated carbocycles. The van der Waals surface area contributed by atoms with Gasteiger partial charge < -0.3 is 10.2 Å². The van der Waals surface area contributed by atoms with Crippen LogP contribution in [0, 0.1) is 13.8 Å². The molecule has 0 radical (unpaired) electrons. The van der Waals surface area contributed by atoms with Gasteiger partial charge in [-0.2, -0.15) is 9.98 Å². The Hall–Kier alpha value is -2.62. The molecular weight excluding hydrogens is 250 g/mol. The van der Waals surface area contributed by atoms with Crippen molar-refractivity contribution in [3.8, 4) is 0 Å². The van der Waals surface area contributed by atoms with Crippen LogP contribution in [0.4, 0.5) is 6.01 Å². The zero-order valence-corrected chi connectivity index (χ0v) is 11.4. The predicted molar refractivity (Wildman–Crippen MR) is 80.3 cm³/mol. The third kappa shape index (κ3) is 2.40. The minimum Gasteiger partial charge on any atom is -0.422 e. The van der Waals surface area contributed by atoms with Crippen LogP contribution in [0.25, 0.3) is 11.1 Å². The molecule has 3 aromatic rings. The summed E-state index contributed by atoms with van der Waals surface area (Å²) in [4.78, 5) is 8.56. The van der Waals surface area contributed by atoms with Crippen molar-refractivity contribution in [2.75, 3.05) is 0 Å². The summed E-state index contributed by atoms with van der Waals surface area (Å²) in [5.41, 5.74) is 10.7. The number of hydrogen-bond acceptors (Lipinski definition) is 3. The second kappa shape index (κ2) is 4.81. The lowest BCUT2D eigenvalue weighted by Crippen LogP contribution is -2.12. The lowest BCUT2D eigenvalue weighted by atomic mass is 10.1. The molecule has 4 heteroatoms. The van der Waals surface area contributed by atoms with Crippen LogP contribution in [-0.2, 0) is 0 Å². The van der Waals surface area contributed by atoms with Gasteiger partial charge in [0.2, 0.25) is 0 Å². The molecule has 20 heavy (non-hydrogen) atoms. The van der Waals surface area contributed by atoms with E-state index in [0.29, 0.717) is 11.4 Å². The summed E-state index contributed by atoms with van der Waals surface area (Å²) in [6.07, 6.45) is 0. The fraction of sp³-hybridized carbons (Fsp3) is 0.125. The van der Waals surface area contributed by atoms with Crippen molar-refractivity contribution in [2.24, 2.45) is 10.7 Å². The molecule has 2 N–H and O–H groups in total. The van der Waals surface area contributed by atoms with Gasteiger partial charge >= 0.3 is 6.01 Å². The van der Waals surface area contributed by atoms with Gasteiger partial charge in [0.15, 0.2) is 5.58 Å². The quantitative estimate of drug-likeness (QED) is 0.570. The van der Waals surface area contributed by atoms with Gasteiger partial charge in [0.1, 0.15) is 11.4 Å². The number of aliphatic imine (C=N–C) groups is 1. The van der Waals surface area contributed by atoms with Crippen molar-refractivity contribution >= 4 is 22.9 Å². The fourth-order valence-electron chi connectivity index (χ4n) is 1.97. The predicted octanol–water partition coefficient (Wildman–Crippen LogP) is 3.48. The third-order valence-electron chi connectivity index (χ3n) is 3.10. The molecule has 0 spiro atoms. The van der Waals surface area contributed by atoms with Gasteiger partial charge in [-0.05, 0) is 31.5 Å². The van der Waals surface area contributed by atoms with Crippen molar-refractivity contribution in [1.82, 2.24) is 4.98 Å². The molecule has 0 fully saturated rings. The van der Waals surface area contributed by atoms with Gasteiger partial charge in [0, 0.05) is 5.56 Å². The monoisotopic (exact) mass is 265 g/mol. The van der Waals surface area contributed by atoms with E-state index in [1.165, 1.54) is 5.56 Å². The van der Waals surface area contributed by atoms with Crippen LogP contribution in [0.1, 0.15) is 16.7 Å². The second-order valence-electron chi connectivity index (χ2n) is 4.83. The maximum Gasteiger partial charge on any atom is 0.324 e. The van der Waals surface area contributed by atoms with Crippen LogP contribution in [0.15, 0.2) is 51.9 Å². The minimum absolute atomic E-state index is 0.281. The first-order valence-electron chi connectivity index (χ1n) is 6.40. The Morgan fingerprint density at radius 2 is 1.75 bits per heavy atom. The van der Waals surface area contributed by atoms with Crippen LogP contribution in [0.5, 0.6) is 0 Å². The van der Waals surface area contributed by atoms with Crippen LogP contribution in [0.2, 0.25) is 0 Å². The smallest absolute Gasteiger partial charge is 0.324 e. The van der Waals surface area contributed by atoms with E-state index in [-0.39, 0.29) is 6.01 Å². The molecule has 0 aliphatic rings. The molecule has 0 aliphatic carbocycles. The minimum atomic E-state index is 0.281. The zero-order valence-electron chi connectivity index (χ0n) is 11.4. The Balaban J connectivity index is 1.98. The van der Waals surface area contributed by atoms with Gasteiger partial charge in [-0.15, -0.1) is 0 Å². The van der Waals surface area contributed by atoms with Crippen LogP contribution in [-0.4, -0.2) is 10.8 Å². The molecule has 0 amide bonds. The molecule has 1 aromatic heterocycles. The summed E-state index contributed by atoms with van der Waals surface area (Å²) in [5, 5.41) is 0. The van der Waals surface area contributed by atoms with E-state index in [2.05, 4.69) is 9.98 Å². The van der Waals surface area contributed by atoms with E-state index in [1.54, 1.807) is 0 Å². The molecule has 0 bridgehead atoms. The average molecular weight is 265 g/mol. The third-order valence-corrected chi connectivity index (χ3v) is 3.10. The van der Waals surface area contributed by atoms with Crippen LogP contribution in [0.3, 0.4) is 0 Å². The molecule has 3 rings (SSSR count).